The van der Waals surface area contributed by atoms with Gasteiger partial charge in [0.25, 0.3) is 0 Å². The van der Waals surface area contributed by atoms with Crippen LogP contribution >= 0.6 is 0 Å². The summed E-state index contributed by atoms with van der Waals surface area (Å²) in [6.45, 7) is 9.55. The molecular formula is C28H27NSi. The van der Waals surface area contributed by atoms with Crippen molar-refractivity contribution in [2.75, 3.05) is 0 Å². The lowest BCUT2D eigenvalue weighted by atomic mass is 9.91. The van der Waals surface area contributed by atoms with Gasteiger partial charge in [-0.2, -0.15) is 0 Å². The van der Waals surface area contributed by atoms with Gasteiger partial charge in [0.2, 0.25) is 0 Å². The number of aromatic nitrogens is 1. The zero-order valence-corrected chi connectivity index (χ0v) is 19.2. The largest absolute Gasteiger partial charge is 0.309 e. The molecule has 30 heavy (non-hydrogen) atoms. The fraction of sp³-hybridized carbons (Fsp3) is 0.214. The third-order valence-corrected chi connectivity index (χ3v) is 10.8. The highest BCUT2D eigenvalue weighted by molar-refractivity contribution is 6.99. The molecule has 148 valence electrons. The fourth-order valence-corrected chi connectivity index (χ4v) is 8.80. The number of hydrogen-bond acceptors (Lipinski definition) is 0. The minimum atomic E-state index is -1.65. The van der Waals surface area contributed by atoms with Crippen molar-refractivity contribution in [2.45, 2.75) is 33.4 Å². The predicted octanol–water partition coefficient (Wildman–Crippen LogP) is 6.91. The van der Waals surface area contributed by atoms with Gasteiger partial charge in [-0.15, -0.1) is 0 Å². The van der Waals surface area contributed by atoms with E-state index in [9.17, 15) is 0 Å². The first-order chi connectivity index (χ1) is 14.4. The molecule has 1 aliphatic carbocycles. The second-order valence-electron chi connectivity index (χ2n) is 9.66. The summed E-state index contributed by atoms with van der Waals surface area (Å²) in [5.41, 5.74) is 8.30. The SMILES string of the molecule is Cc1ccc(-n2c3ccccc3c3cc4c(cc32)C2=C(C=CC(C)C2)[Si]4(C)C)cc1. The van der Waals surface area contributed by atoms with Crippen LogP contribution in [0.3, 0.4) is 0 Å². The molecule has 0 saturated carbocycles. The Hall–Kier alpha value is -2.84. The molecule has 0 spiro atoms. The van der Waals surface area contributed by atoms with E-state index < -0.39 is 8.07 Å². The summed E-state index contributed by atoms with van der Waals surface area (Å²) < 4.78 is 2.46. The van der Waals surface area contributed by atoms with E-state index in [1.165, 1.54) is 45.0 Å². The minimum absolute atomic E-state index is 0.623. The highest BCUT2D eigenvalue weighted by Crippen LogP contribution is 2.43. The average Bonchev–Trinajstić information content (AvgIpc) is 3.17. The van der Waals surface area contributed by atoms with E-state index in [1.807, 2.05) is 0 Å². The third kappa shape index (κ3) is 2.34. The summed E-state index contributed by atoms with van der Waals surface area (Å²) in [7, 11) is -1.65. The smallest absolute Gasteiger partial charge is 0.113 e. The maximum Gasteiger partial charge on any atom is 0.113 e. The Kier molecular flexibility index (Phi) is 3.64. The van der Waals surface area contributed by atoms with Crippen molar-refractivity contribution in [1.82, 2.24) is 4.57 Å². The van der Waals surface area contributed by atoms with E-state index in [0.29, 0.717) is 5.92 Å². The molecule has 3 aromatic carbocycles. The molecule has 6 rings (SSSR count). The highest BCUT2D eigenvalue weighted by atomic mass is 28.3. The Morgan fingerprint density at radius 1 is 0.900 bits per heavy atom. The standard InChI is InChI=1S/C28H27NSi/c1-18-9-12-20(13-10-18)29-25-8-6-5-7-21(25)22-17-28-24(16-26(22)29)23-15-19(2)11-14-27(23)30(28,3)4/h5-14,16-17,19H,15H2,1-4H3. The first kappa shape index (κ1) is 18.0. The molecule has 1 atom stereocenters. The van der Waals surface area contributed by atoms with Gasteiger partial charge in [0.15, 0.2) is 0 Å². The van der Waals surface area contributed by atoms with Crippen LogP contribution < -0.4 is 5.19 Å². The predicted molar refractivity (Wildman–Crippen MR) is 132 cm³/mol. The molecule has 2 aliphatic rings. The lowest BCUT2D eigenvalue weighted by Crippen LogP contribution is -2.41. The Morgan fingerprint density at radius 2 is 1.67 bits per heavy atom. The molecular weight excluding hydrogens is 378 g/mol. The van der Waals surface area contributed by atoms with Crippen molar-refractivity contribution in [3.63, 3.8) is 0 Å². The van der Waals surface area contributed by atoms with Crippen LogP contribution in [0.4, 0.5) is 0 Å². The number of nitrogens with zero attached hydrogens (tertiary/aromatic N) is 1. The van der Waals surface area contributed by atoms with Gasteiger partial charge in [-0.25, -0.2) is 0 Å². The van der Waals surface area contributed by atoms with Crippen LogP contribution in [0.5, 0.6) is 0 Å². The summed E-state index contributed by atoms with van der Waals surface area (Å²) in [6, 6.07) is 22.9. The van der Waals surface area contributed by atoms with E-state index in [1.54, 1.807) is 16.0 Å². The second kappa shape index (κ2) is 6.09. The van der Waals surface area contributed by atoms with Gasteiger partial charge in [-0.1, -0.05) is 79.3 Å². The Morgan fingerprint density at radius 3 is 2.47 bits per heavy atom. The summed E-state index contributed by atoms with van der Waals surface area (Å²) in [6.07, 6.45) is 6.04. The zero-order valence-electron chi connectivity index (χ0n) is 18.2. The molecule has 2 heteroatoms. The quantitative estimate of drug-likeness (QED) is 0.303. The number of para-hydroxylation sites is 1. The van der Waals surface area contributed by atoms with Crippen LogP contribution in [0.1, 0.15) is 24.5 Å². The van der Waals surface area contributed by atoms with E-state index in [4.69, 9.17) is 0 Å². The Bertz CT molecular complexity index is 1400. The Labute approximate surface area is 179 Å². The van der Waals surface area contributed by atoms with E-state index in [2.05, 4.69) is 104 Å². The summed E-state index contributed by atoms with van der Waals surface area (Å²) in [5, 5.41) is 6.01. The van der Waals surface area contributed by atoms with Gasteiger partial charge >= 0.3 is 0 Å². The molecule has 2 heterocycles. The first-order valence-electron chi connectivity index (χ1n) is 11.0. The normalized spacial score (nSPS) is 19.5. The van der Waals surface area contributed by atoms with Crippen LogP contribution in [0.15, 0.2) is 78.0 Å². The molecule has 0 amide bonds. The van der Waals surface area contributed by atoms with E-state index in [-0.39, 0.29) is 0 Å². The van der Waals surface area contributed by atoms with Gasteiger partial charge in [-0.05, 0) is 59.9 Å². The topological polar surface area (TPSA) is 4.93 Å². The minimum Gasteiger partial charge on any atom is -0.309 e. The molecule has 1 aliphatic heterocycles. The van der Waals surface area contributed by atoms with Gasteiger partial charge in [0.05, 0.1) is 11.0 Å². The number of hydrogen-bond donors (Lipinski definition) is 0. The van der Waals surface area contributed by atoms with Gasteiger partial charge < -0.3 is 4.57 Å². The van der Waals surface area contributed by atoms with Crippen LogP contribution in [0.2, 0.25) is 13.1 Å². The van der Waals surface area contributed by atoms with E-state index in [0.717, 1.165) is 0 Å². The average molecular weight is 406 g/mol. The number of rotatable bonds is 1. The number of aryl methyl sites for hydroxylation is 1. The molecule has 0 fully saturated rings. The molecule has 0 N–H and O–H groups in total. The zero-order chi connectivity index (χ0) is 20.6. The molecule has 4 aromatic rings. The molecule has 1 unspecified atom stereocenters. The summed E-state index contributed by atoms with van der Waals surface area (Å²) >= 11 is 0. The van der Waals surface area contributed by atoms with Crippen molar-refractivity contribution in [1.29, 1.82) is 0 Å². The molecule has 0 bridgehead atoms. The third-order valence-electron chi connectivity index (χ3n) is 7.22. The molecule has 1 aromatic heterocycles. The Balaban J connectivity index is 1.72. The lowest BCUT2D eigenvalue weighted by Gasteiger charge is -2.22. The van der Waals surface area contributed by atoms with Crippen LogP contribution in [0.25, 0.3) is 33.1 Å². The van der Waals surface area contributed by atoms with Gasteiger partial charge in [0, 0.05) is 16.5 Å². The molecule has 0 saturated heterocycles. The number of allylic oxidation sites excluding steroid dienone is 4. The monoisotopic (exact) mass is 405 g/mol. The van der Waals surface area contributed by atoms with Crippen LogP contribution in [-0.2, 0) is 0 Å². The maximum absolute atomic E-state index is 2.54. The maximum atomic E-state index is 2.54. The lowest BCUT2D eigenvalue weighted by molar-refractivity contribution is 0.748. The molecule has 0 radical (unpaired) electrons. The highest BCUT2D eigenvalue weighted by Gasteiger charge is 2.40. The van der Waals surface area contributed by atoms with Crippen LogP contribution in [0, 0.1) is 12.8 Å². The van der Waals surface area contributed by atoms with Crippen molar-refractivity contribution >= 4 is 40.6 Å². The number of benzene rings is 3. The fourth-order valence-electron chi connectivity index (χ4n) is 5.60. The van der Waals surface area contributed by atoms with Gasteiger partial charge in [-0.3, -0.25) is 0 Å². The number of fused-ring (bicyclic) bond motifs is 5. The first-order valence-corrected chi connectivity index (χ1v) is 14.0. The summed E-state index contributed by atoms with van der Waals surface area (Å²) in [4.78, 5) is 0. The van der Waals surface area contributed by atoms with Crippen molar-refractivity contribution in [2.24, 2.45) is 5.92 Å². The van der Waals surface area contributed by atoms with Crippen molar-refractivity contribution in [3.8, 4) is 5.69 Å². The van der Waals surface area contributed by atoms with Crippen molar-refractivity contribution in [3.05, 3.63) is 89.1 Å². The van der Waals surface area contributed by atoms with Crippen LogP contribution in [-0.4, -0.2) is 12.6 Å². The van der Waals surface area contributed by atoms with E-state index >= 15 is 0 Å². The summed E-state index contributed by atoms with van der Waals surface area (Å²) in [5.74, 6) is 0.623. The molecule has 1 nitrogen and oxygen atoms in total. The van der Waals surface area contributed by atoms with Gasteiger partial charge in [0.1, 0.15) is 8.07 Å². The van der Waals surface area contributed by atoms with Crippen molar-refractivity contribution < 1.29 is 0 Å². The second-order valence-corrected chi connectivity index (χ2v) is 14.0.